The fourth-order valence-corrected chi connectivity index (χ4v) is 5.88. The zero-order valence-electron chi connectivity index (χ0n) is 20.9. The molecule has 0 radical (unpaired) electrons. The molecule has 35 heavy (non-hydrogen) atoms. The topological polar surface area (TPSA) is 59.9 Å². The van der Waals surface area contributed by atoms with Crippen LogP contribution in [0.25, 0.3) is 22.0 Å². The standard InChI is InChI=1S/C29H36N4O2/c1-31(2)19-21-6-5-13-33(20-21)26-10-14-32(15-11-26)29(35)24-8-3-7-22(16-24)25-17-23-9-4-12-30-28(23)27(34)18-25/h3-4,7-9,12,16-18,21,26,34H,5-6,10-11,13-15,19-20H2,1-2H3. The summed E-state index contributed by atoms with van der Waals surface area (Å²) < 4.78 is 0. The van der Waals surface area contributed by atoms with Crippen molar-refractivity contribution in [1.29, 1.82) is 0 Å². The van der Waals surface area contributed by atoms with Gasteiger partial charge in [-0.05, 0) is 93.7 Å². The summed E-state index contributed by atoms with van der Waals surface area (Å²) in [7, 11) is 4.33. The number of pyridine rings is 1. The van der Waals surface area contributed by atoms with Gasteiger partial charge in [0.2, 0.25) is 0 Å². The minimum absolute atomic E-state index is 0.0982. The van der Waals surface area contributed by atoms with Crippen LogP contribution in [0.4, 0.5) is 0 Å². The number of phenols is 1. The molecule has 6 heteroatoms. The van der Waals surface area contributed by atoms with Gasteiger partial charge in [-0.2, -0.15) is 0 Å². The molecule has 2 saturated heterocycles. The highest BCUT2D eigenvalue weighted by Crippen LogP contribution is 2.31. The molecule has 2 aliphatic rings. The Bertz CT molecular complexity index is 1190. The molecule has 1 atom stereocenters. The lowest BCUT2D eigenvalue weighted by atomic mass is 9.93. The number of rotatable bonds is 5. The minimum Gasteiger partial charge on any atom is -0.506 e. The molecule has 0 saturated carbocycles. The molecule has 1 unspecified atom stereocenters. The van der Waals surface area contributed by atoms with Gasteiger partial charge in [-0.1, -0.05) is 18.2 Å². The van der Waals surface area contributed by atoms with Crippen LogP contribution < -0.4 is 0 Å². The van der Waals surface area contributed by atoms with Crippen molar-refractivity contribution in [3.8, 4) is 16.9 Å². The van der Waals surface area contributed by atoms with Crippen molar-refractivity contribution in [2.75, 3.05) is 46.8 Å². The first kappa shape index (κ1) is 23.8. The maximum absolute atomic E-state index is 13.4. The summed E-state index contributed by atoms with van der Waals surface area (Å²) in [6.07, 6.45) is 6.38. The first-order valence-electron chi connectivity index (χ1n) is 12.8. The molecule has 1 aromatic heterocycles. The maximum atomic E-state index is 13.4. The van der Waals surface area contributed by atoms with Crippen LogP contribution in [0.2, 0.25) is 0 Å². The van der Waals surface area contributed by atoms with Crippen molar-refractivity contribution in [2.24, 2.45) is 5.92 Å². The summed E-state index contributed by atoms with van der Waals surface area (Å²) in [5.74, 6) is 1.01. The van der Waals surface area contributed by atoms with Crippen LogP contribution in [-0.4, -0.2) is 83.6 Å². The van der Waals surface area contributed by atoms with Gasteiger partial charge in [0, 0.05) is 49.4 Å². The van der Waals surface area contributed by atoms with E-state index >= 15 is 0 Å². The molecule has 0 spiro atoms. The van der Waals surface area contributed by atoms with E-state index in [1.54, 1.807) is 12.3 Å². The van der Waals surface area contributed by atoms with Gasteiger partial charge in [0.25, 0.3) is 5.91 Å². The summed E-state index contributed by atoms with van der Waals surface area (Å²) in [6, 6.07) is 15.9. The Hall–Kier alpha value is -2.96. The van der Waals surface area contributed by atoms with Crippen LogP contribution in [0.1, 0.15) is 36.0 Å². The molecule has 2 aromatic carbocycles. The third-order valence-electron chi connectivity index (χ3n) is 7.57. The van der Waals surface area contributed by atoms with E-state index < -0.39 is 0 Å². The number of carbonyl (C=O) groups excluding carboxylic acids is 1. The predicted molar refractivity (Wildman–Crippen MR) is 141 cm³/mol. The van der Waals surface area contributed by atoms with E-state index in [0.29, 0.717) is 17.1 Å². The van der Waals surface area contributed by atoms with Gasteiger partial charge in [-0.3, -0.25) is 14.7 Å². The monoisotopic (exact) mass is 472 g/mol. The number of aromatic nitrogens is 1. The zero-order valence-corrected chi connectivity index (χ0v) is 20.9. The summed E-state index contributed by atoms with van der Waals surface area (Å²) in [4.78, 5) is 24.6. The molecule has 5 rings (SSSR count). The molecule has 3 aromatic rings. The second-order valence-electron chi connectivity index (χ2n) is 10.4. The number of amides is 1. The van der Waals surface area contributed by atoms with Gasteiger partial charge in [-0.15, -0.1) is 0 Å². The van der Waals surface area contributed by atoms with E-state index in [2.05, 4.69) is 28.9 Å². The van der Waals surface area contributed by atoms with E-state index in [0.717, 1.165) is 54.9 Å². The molecule has 2 fully saturated rings. The Morgan fingerprint density at radius 2 is 1.86 bits per heavy atom. The first-order valence-corrected chi connectivity index (χ1v) is 12.8. The fraction of sp³-hybridized carbons (Fsp3) is 0.448. The van der Waals surface area contributed by atoms with E-state index in [4.69, 9.17) is 0 Å². The van der Waals surface area contributed by atoms with Crippen LogP contribution in [0.15, 0.2) is 54.7 Å². The largest absolute Gasteiger partial charge is 0.506 e. The Kier molecular flexibility index (Phi) is 7.02. The highest BCUT2D eigenvalue weighted by Gasteiger charge is 2.30. The summed E-state index contributed by atoms with van der Waals surface area (Å²) in [6.45, 7) is 5.16. The molecule has 0 aliphatic carbocycles. The second kappa shape index (κ2) is 10.3. The van der Waals surface area contributed by atoms with Gasteiger partial charge >= 0.3 is 0 Å². The van der Waals surface area contributed by atoms with Crippen LogP contribution in [0, 0.1) is 5.92 Å². The molecule has 0 bridgehead atoms. The van der Waals surface area contributed by atoms with Crippen LogP contribution in [-0.2, 0) is 0 Å². The number of phenolic OH excluding ortho intramolecular Hbond substituents is 1. The second-order valence-corrected chi connectivity index (χ2v) is 10.4. The average molecular weight is 473 g/mol. The van der Waals surface area contributed by atoms with Crippen molar-refractivity contribution >= 4 is 16.8 Å². The van der Waals surface area contributed by atoms with Crippen molar-refractivity contribution in [3.63, 3.8) is 0 Å². The zero-order chi connectivity index (χ0) is 24.4. The van der Waals surface area contributed by atoms with Crippen LogP contribution in [0.5, 0.6) is 5.75 Å². The minimum atomic E-state index is 0.0982. The van der Waals surface area contributed by atoms with E-state index in [-0.39, 0.29) is 11.7 Å². The van der Waals surface area contributed by atoms with Crippen molar-refractivity contribution in [2.45, 2.75) is 31.7 Å². The lowest BCUT2D eigenvalue weighted by Gasteiger charge is -2.42. The molecular weight excluding hydrogens is 436 g/mol. The number of hydrogen-bond acceptors (Lipinski definition) is 5. The summed E-state index contributed by atoms with van der Waals surface area (Å²) in [5.41, 5.74) is 3.10. The highest BCUT2D eigenvalue weighted by molar-refractivity contribution is 5.96. The Morgan fingerprint density at radius 1 is 1.03 bits per heavy atom. The van der Waals surface area contributed by atoms with Crippen LogP contribution >= 0.6 is 0 Å². The molecule has 184 valence electrons. The highest BCUT2D eigenvalue weighted by atomic mass is 16.3. The number of piperidine rings is 2. The lowest BCUT2D eigenvalue weighted by Crippen LogP contribution is -2.50. The third-order valence-corrected chi connectivity index (χ3v) is 7.57. The van der Waals surface area contributed by atoms with E-state index in [1.165, 1.54) is 25.9 Å². The normalized spacial score (nSPS) is 20.0. The van der Waals surface area contributed by atoms with Gasteiger partial charge in [0.1, 0.15) is 11.3 Å². The van der Waals surface area contributed by atoms with Crippen LogP contribution in [0.3, 0.4) is 0 Å². The van der Waals surface area contributed by atoms with E-state index in [9.17, 15) is 9.90 Å². The quantitative estimate of drug-likeness (QED) is 0.593. The molecule has 1 amide bonds. The first-order chi connectivity index (χ1) is 17.0. The summed E-state index contributed by atoms with van der Waals surface area (Å²) >= 11 is 0. The smallest absolute Gasteiger partial charge is 0.253 e. The molecule has 2 aliphatic heterocycles. The van der Waals surface area contributed by atoms with E-state index in [1.807, 2.05) is 47.4 Å². The van der Waals surface area contributed by atoms with Crippen molar-refractivity contribution < 1.29 is 9.90 Å². The van der Waals surface area contributed by atoms with Crippen molar-refractivity contribution in [1.82, 2.24) is 19.7 Å². The molecule has 3 heterocycles. The van der Waals surface area contributed by atoms with Gasteiger partial charge in [0.05, 0.1) is 0 Å². The third kappa shape index (κ3) is 5.34. The molecular formula is C29H36N4O2. The number of benzene rings is 2. The van der Waals surface area contributed by atoms with Gasteiger partial charge < -0.3 is 14.9 Å². The van der Waals surface area contributed by atoms with Crippen molar-refractivity contribution in [3.05, 3.63) is 60.3 Å². The molecule has 1 N–H and O–H groups in total. The summed E-state index contributed by atoms with van der Waals surface area (Å²) in [5, 5.41) is 11.3. The average Bonchev–Trinajstić information content (AvgIpc) is 2.88. The number of hydrogen-bond donors (Lipinski definition) is 1. The Balaban J connectivity index is 1.25. The predicted octanol–water partition coefficient (Wildman–Crippen LogP) is 4.49. The number of carbonyl (C=O) groups is 1. The van der Waals surface area contributed by atoms with Gasteiger partial charge in [0.15, 0.2) is 0 Å². The number of fused-ring (bicyclic) bond motifs is 1. The number of nitrogens with zero attached hydrogens (tertiary/aromatic N) is 4. The Morgan fingerprint density at radius 3 is 2.66 bits per heavy atom. The fourth-order valence-electron chi connectivity index (χ4n) is 5.88. The van der Waals surface area contributed by atoms with Gasteiger partial charge in [-0.25, -0.2) is 0 Å². The molecule has 6 nitrogen and oxygen atoms in total. The number of aromatic hydroxyl groups is 1. The Labute approximate surface area is 208 Å². The number of likely N-dealkylation sites (tertiary alicyclic amines) is 2. The SMILES string of the molecule is CN(C)CC1CCCN(C2CCN(C(=O)c3cccc(-c4cc(O)c5ncccc5c4)c3)CC2)C1. The lowest BCUT2D eigenvalue weighted by molar-refractivity contribution is 0.0504. The maximum Gasteiger partial charge on any atom is 0.253 e.